The van der Waals surface area contributed by atoms with Gasteiger partial charge in [-0.2, -0.15) is 13.2 Å². The molecule has 0 radical (unpaired) electrons. The number of alkyl halides is 3. The summed E-state index contributed by atoms with van der Waals surface area (Å²) in [4.78, 5) is 22.1. The number of carboxylic acids is 1. The third-order valence-corrected chi connectivity index (χ3v) is 2.65. The zero-order chi connectivity index (χ0) is 15.6. The van der Waals surface area contributed by atoms with Gasteiger partial charge in [-0.05, 0) is 24.3 Å². The number of carbonyl (C=O) groups excluding carboxylic acids is 1. The minimum Gasteiger partial charge on any atom is -0.475 e. The topological polar surface area (TPSA) is 79.5 Å². The lowest BCUT2D eigenvalue weighted by Gasteiger charge is -2.07. The lowest BCUT2D eigenvalue weighted by Crippen LogP contribution is -2.16. The van der Waals surface area contributed by atoms with Gasteiger partial charge in [0, 0.05) is 17.5 Å². The molecule has 1 aromatic heterocycles. The molecule has 0 saturated heterocycles. The number of carbonyl (C=O) groups is 2. The third-order valence-electron chi connectivity index (χ3n) is 2.65. The number of hydrogen-bond acceptors (Lipinski definition) is 3. The number of carboxylic acid groups (broad SMARTS) is 1. The maximum Gasteiger partial charge on any atom is 0.389 e. The van der Waals surface area contributed by atoms with Crippen LogP contribution in [0.1, 0.15) is 23.4 Å². The highest BCUT2D eigenvalue weighted by Gasteiger charge is 2.27. The zero-order valence-electron chi connectivity index (χ0n) is 10.5. The van der Waals surface area contributed by atoms with E-state index in [4.69, 9.17) is 9.52 Å². The van der Waals surface area contributed by atoms with Gasteiger partial charge in [-0.1, -0.05) is 0 Å². The summed E-state index contributed by atoms with van der Waals surface area (Å²) in [7, 11) is 0. The Hall–Kier alpha value is -2.51. The average Bonchev–Trinajstić information content (AvgIpc) is 2.79. The van der Waals surface area contributed by atoms with Gasteiger partial charge in [0.05, 0.1) is 6.42 Å². The molecule has 0 unspecified atom stereocenters. The lowest BCUT2D eigenvalue weighted by atomic mass is 10.2. The van der Waals surface area contributed by atoms with Crippen molar-refractivity contribution in [1.29, 1.82) is 0 Å². The minimum atomic E-state index is -4.39. The molecule has 0 spiro atoms. The number of amides is 1. The van der Waals surface area contributed by atoms with Crippen LogP contribution in [-0.2, 0) is 4.79 Å². The van der Waals surface area contributed by atoms with Crippen molar-refractivity contribution in [3.05, 3.63) is 30.0 Å². The van der Waals surface area contributed by atoms with Crippen LogP contribution < -0.4 is 5.32 Å². The van der Waals surface area contributed by atoms with Gasteiger partial charge in [0.15, 0.2) is 0 Å². The Bertz CT molecular complexity index is 690. The predicted octanol–water partition coefficient (Wildman–Crippen LogP) is 3.41. The third kappa shape index (κ3) is 3.98. The predicted molar refractivity (Wildman–Crippen MR) is 67.1 cm³/mol. The van der Waals surface area contributed by atoms with Crippen molar-refractivity contribution in [3.8, 4) is 0 Å². The number of anilines is 1. The van der Waals surface area contributed by atoms with Gasteiger partial charge >= 0.3 is 12.1 Å². The summed E-state index contributed by atoms with van der Waals surface area (Å²) in [5, 5.41) is 11.5. The number of hydrogen-bond donors (Lipinski definition) is 2. The maximum atomic E-state index is 12.0. The van der Waals surface area contributed by atoms with E-state index in [9.17, 15) is 22.8 Å². The molecule has 0 atom stereocenters. The van der Waals surface area contributed by atoms with Crippen LogP contribution in [0.5, 0.6) is 0 Å². The largest absolute Gasteiger partial charge is 0.475 e. The Balaban J connectivity index is 2.08. The monoisotopic (exact) mass is 301 g/mol. The second-order valence-electron chi connectivity index (χ2n) is 4.33. The molecule has 0 aliphatic carbocycles. The van der Waals surface area contributed by atoms with Crippen molar-refractivity contribution < 1.29 is 32.3 Å². The fourth-order valence-electron chi connectivity index (χ4n) is 1.71. The second-order valence-corrected chi connectivity index (χ2v) is 4.33. The number of rotatable bonds is 4. The number of furan rings is 1. The summed E-state index contributed by atoms with van der Waals surface area (Å²) in [6, 6.07) is 5.55. The van der Waals surface area contributed by atoms with E-state index in [1.54, 1.807) is 0 Å². The summed E-state index contributed by atoms with van der Waals surface area (Å²) >= 11 is 0. The van der Waals surface area contributed by atoms with Crippen molar-refractivity contribution in [3.63, 3.8) is 0 Å². The highest BCUT2D eigenvalue weighted by molar-refractivity contribution is 5.95. The molecule has 112 valence electrons. The normalized spacial score (nSPS) is 11.6. The SMILES string of the molecule is O=C(CCC(F)(F)F)Nc1ccc2oc(C(=O)O)cc2c1. The van der Waals surface area contributed by atoms with Crippen LogP contribution in [0, 0.1) is 0 Å². The first-order valence-electron chi connectivity index (χ1n) is 5.88. The summed E-state index contributed by atoms with van der Waals surface area (Å²) < 4.78 is 41.0. The second kappa shape index (κ2) is 5.47. The number of aromatic carboxylic acids is 1. The van der Waals surface area contributed by atoms with Crippen molar-refractivity contribution >= 4 is 28.5 Å². The van der Waals surface area contributed by atoms with Crippen molar-refractivity contribution in [1.82, 2.24) is 0 Å². The summed E-state index contributed by atoms with van der Waals surface area (Å²) in [5.74, 6) is -2.26. The average molecular weight is 301 g/mol. The smallest absolute Gasteiger partial charge is 0.389 e. The van der Waals surface area contributed by atoms with E-state index in [-0.39, 0.29) is 11.4 Å². The van der Waals surface area contributed by atoms with Crippen LogP contribution in [0.4, 0.5) is 18.9 Å². The van der Waals surface area contributed by atoms with Gasteiger partial charge in [-0.25, -0.2) is 4.79 Å². The first-order chi connectivity index (χ1) is 9.74. The Morgan fingerprint density at radius 1 is 1.24 bits per heavy atom. The van der Waals surface area contributed by atoms with E-state index in [2.05, 4.69) is 5.32 Å². The molecular weight excluding hydrogens is 291 g/mol. The Kier molecular flexibility index (Phi) is 3.88. The number of benzene rings is 1. The molecule has 0 fully saturated rings. The molecule has 0 bridgehead atoms. The van der Waals surface area contributed by atoms with E-state index in [0.29, 0.717) is 11.0 Å². The van der Waals surface area contributed by atoms with Gasteiger partial charge in [0.2, 0.25) is 11.7 Å². The van der Waals surface area contributed by atoms with Crippen molar-refractivity contribution in [2.75, 3.05) is 5.32 Å². The Labute approximate surface area is 116 Å². The van der Waals surface area contributed by atoms with Gasteiger partial charge in [0.1, 0.15) is 5.58 Å². The van der Waals surface area contributed by atoms with E-state index in [0.717, 1.165) is 0 Å². The molecule has 2 rings (SSSR count). The molecular formula is C13H10F3NO4. The lowest BCUT2D eigenvalue weighted by molar-refractivity contribution is -0.142. The van der Waals surface area contributed by atoms with Crippen LogP contribution in [0.2, 0.25) is 0 Å². The Morgan fingerprint density at radius 3 is 2.57 bits per heavy atom. The summed E-state index contributed by atoms with van der Waals surface area (Å²) in [6.45, 7) is 0. The maximum absolute atomic E-state index is 12.0. The first-order valence-corrected chi connectivity index (χ1v) is 5.88. The minimum absolute atomic E-state index is 0.259. The molecule has 8 heteroatoms. The van der Waals surface area contributed by atoms with Crippen molar-refractivity contribution in [2.24, 2.45) is 0 Å². The van der Waals surface area contributed by atoms with Crippen LogP contribution in [0.15, 0.2) is 28.7 Å². The standard InChI is InChI=1S/C13H10F3NO4/c14-13(15,16)4-3-11(18)17-8-1-2-9-7(5-8)6-10(21-9)12(19)20/h1-2,5-6H,3-4H2,(H,17,18)(H,19,20). The molecule has 0 aliphatic heterocycles. The van der Waals surface area contributed by atoms with Gasteiger partial charge in [-0.15, -0.1) is 0 Å². The van der Waals surface area contributed by atoms with Crippen LogP contribution in [0.3, 0.4) is 0 Å². The number of halogens is 3. The van der Waals surface area contributed by atoms with E-state index in [1.165, 1.54) is 24.3 Å². The van der Waals surface area contributed by atoms with E-state index >= 15 is 0 Å². The summed E-state index contributed by atoms with van der Waals surface area (Å²) in [6.07, 6.45) is -6.26. The van der Waals surface area contributed by atoms with Gasteiger partial charge in [0.25, 0.3) is 0 Å². The molecule has 0 aliphatic rings. The van der Waals surface area contributed by atoms with Gasteiger partial charge in [-0.3, -0.25) is 4.79 Å². The molecule has 5 nitrogen and oxygen atoms in total. The highest BCUT2D eigenvalue weighted by atomic mass is 19.4. The highest BCUT2D eigenvalue weighted by Crippen LogP contribution is 2.24. The molecule has 0 saturated carbocycles. The molecule has 1 amide bonds. The van der Waals surface area contributed by atoms with Crippen LogP contribution >= 0.6 is 0 Å². The van der Waals surface area contributed by atoms with E-state index < -0.39 is 30.9 Å². The zero-order valence-corrected chi connectivity index (χ0v) is 10.5. The van der Waals surface area contributed by atoms with Crippen LogP contribution in [-0.4, -0.2) is 23.2 Å². The number of nitrogens with one attached hydrogen (secondary N) is 1. The molecule has 2 N–H and O–H groups in total. The van der Waals surface area contributed by atoms with E-state index in [1.807, 2.05) is 0 Å². The fraction of sp³-hybridized carbons (Fsp3) is 0.231. The summed E-state index contributed by atoms with van der Waals surface area (Å²) in [5.41, 5.74) is 0.577. The quantitative estimate of drug-likeness (QED) is 0.907. The molecule has 2 aromatic rings. The Morgan fingerprint density at radius 2 is 1.95 bits per heavy atom. The fourth-order valence-corrected chi connectivity index (χ4v) is 1.71. The molecule has 1 heterocycles. The molecule has 21 heavy (non-hydrogen) atoms. The van der Waals surface area contributed by atoms with Crippen molar-refractivity contribution in [2.45, 2.75) is 19.0 Å². The first kappa shape index (κ1) is 14.9. The van der Waals surface area contributed by atoms with Gasteiger partial charge < -0.3 is 14.8 Å². The van der Waals surface area contributed by atoms with Crippen LogP contribution in [0.25, 0.3) is 11.0 Å². The molecule has 1 aromatic carbocycles. The number of fused-ring (bicyclic) bond motifs is 1.